The highest BCUT2D eigenvalue weighted by Crippen LogP contribution is 2.51. The van der Waals surface area contributed by atoms with Crippen LogP contribution in [0.1, 0.15) is 119 Å². The molecular weight excluding hydrogens is 549 g/mol. The third-order valence-corrected chi connectivity index (χ3v) is 9.10. The van der Waals surface area contributed by atoms with E-state index in [1.807, 2.05) is 53.7 Å². The van der Waals surface area contributed by atoms with Crippen LogP contribution in [0.2, 0.25) is 0 Å². The molecule has 0 spiro atoms. The van der Waals surface area contributed by atoms with E-state index in [0.717, 1.165) is 20.9 Å². The zero-order chi connectivity index (χ0) is 30.6. The smallest absolute Gasteiger partial charge is 0.446 e. The van der Waals surface area contributed by atoms with E-state index >= 15 is 0 Å². The van der Waals surface area contributed by atoms with Gasteiger partial charge in [0.1, 0.15) is 5.75 Å². The number of hydrogen-bond acceptors (Lipinski definition) is 6. The van der Waals surface area contributed by atoms with Gasteiger partial charge in [0.2, 0.25) is 0 Å². The predicted molar refractivity (Wildman–Crippen MR) is 167 cm³/mol. The van der Waals surface area contributed by atoms with Crippen molar-refractivity contribution in [1.29, 1.82) is 0 Å². The largest absolute Gasteiger partial charge is 0.507 e. The summed E-state index contributed by atoms with van der Waals surface area (Å²) in [5, 5.41) is 11.2. The van der Waals surface area contributed by atoms with Crippen LogP contribution >= 0.6 is 23.5 Å². The molecule has 0 saturated carbocycles. The first-order valence-electron chi connectivity index (χ1n) is 13.2. The highest BCUT2D eigenvalue weighted by Gasteiger charge is 2.33. The fourth-order valence-corrected chi connectivity index (χ4v) is 7.35. The Labute approximate surface area is 245 Å². The van der Waals surface area contributed by atoms with Gasteiger partial charge in [0.05, 0.1) is 4.08 Å². The molecule has 5 nitrogen and oxygen atoms in total. The standard InChI is InChI=1S/C31H48O5S3/c1-27(2,3)21-15-19(16-22(25(21)32)28(4,5)6)37-31(13,14)38-20-17-23(29(7,8)9)26(36-39(33,34)35)24(18-20)30(10,11)12/h15-18,32H,1-14H3,(H,33,34,35). The Hall–Kier alpha value is -1.35. The molecule has 220 valence electrons. The van der Waals surface area contributed by atoms with Crippen LogP contribution in [-0.4, -0.2) is 22.2 Å². The maximum Gasteiger partial charge on any atom is 0.446 e. The van der Waals surface area contributed by atoms with Gasteiger partial charge in [-0.3, -0.25) is 4.55 Å². The summed E-state index contributed by atoms with van der Waals surface area (Å²) >= 11 is 3.43. The Balaban J connectivity index is 2.67. The van der Waals surface area contributed by atoms with Crippen LogP contribution in [0, 0.1) is 0 Å². The van der Waals surface area contributed by atoms with Crippen molar-refractivity contribution >= 4 is 33.9 Å². The van der Waals surface area contributed by atoms with Gasteiger partial charge in [-0.25, -0.2) is 0 Å². The Morgan fingerprint density at radius 1 is 0.590 bits per heavy atom. The number of rotatable bonds is 6. The quantitative estimate of drug-likeness (QED) is 0.195. The Morgan fingerprint density at radius 3 is 1.13 bits per heavy atom. The lowest BCUT2D eigenvalue weighted by molar-refractivity contribution is 0.375. The van der Waals surface area contributed by atoms with E-state index in [1.165, 1.54) is 0 Å². The van der Waals surface area contributed by atoms with Gasteiger partial charge in [0, 0.05) is 32.0 Å². The second-order valence-corrected chi connectivity index (χ2v) is 19.5. The molecule has 2 aromatic rings. The molecule has 0 aliphatic rings. The summed E-state index contributed by atoms with van der Waals surface area (Å²) in [6, 6.07) is 8.14. The van der Waals surface area contributed by atoms with E-state index in [1.54, 1.807) is 23.5 Å². The van der Waals surface area contributed by atoms with Crippen molar-refractivity contribution < 1.29 is 22.3 Å². The third-order valence-electron chi connectivity index (χ3n) is 6.29. The van der Waals surface area contributed by atoms with Gasteiger partial charge in [-0.2, -0.15) is 8.42 Å². The molecule has 0 amide bonds. The molecule has 0 heterocycles. The van der Waals surface area contributed by atoms with Crippen molar-refractivity contribution in [2.75, 3.05) is 0 Å². The highest BCUT2D eigenvalue weighted by atomic mass is 32.3. The molecule has 0 atom stereocenters. The van der Waals surface area contributed by atoms with Crippen molar-refractivity contribution in [3.05, 3.63) is 46.5 Å². The summed E-state index contributed by atoms with van der Waals surface area (Å²) in [5.74, 6) is 0.555. The molecule has 39 heavy (non-hydrogen) atoms. The molecule has 2 aromatic carbocycles. The molecule has 0 saturated heterocycles. The monoisotopic (exact) mass is 596 g/mol. The van der Waals surface area contributed by atoms with E-state index in [2.05, 4.69) is 67.5 Å². The van der Waals surface area contributed by atoms with Crippen LogP contribution in [0.4, 0.5) is 0 Å². The molecule has 0 aliphatic heterocycles. The molecule has 0 bridgehead atoms. The lowest BCUT2D eigenvalue weighted by atomic mass is 9.79. The predicted octanol–water partition coefficient (Wildman–Crippen LogP) is 9.38. The van der Waals surface area contributed by atoms with E-state index in [4.69, 9.17) is 4.18 Å². The molecule has 2 N–H and O–H groups in total. The number of aromatic hydroxyl groups is 1. The first kappa shape index (κ1) is 33.9. The summed E-state index contributed by atoms with van der Waals surface area (Å²) in [7, 11) is -4.70. The summed E-state index contributed by atoms with van der Waals surface area (Å²) in [6.07, 6.45) is 0. The van der Waals surface area contributed by atoms with Crippen LogP contribution in [0.5, 0.6) is 11.5 Å². The first-order chi connectivity index (χ1) is 17.1. The molecule has 0 radical (unpaired) electrons. The maximum absolute atomic E-state index is 11.8. The lowest BCUT2D eigenvalue weighted by Crippen LogP contribution is -2.22. The second-order valence-electron chi connectivity index (χ2n) is 14.8. The third kappa shape index (κ3) is 9.07. The van der Waals surface area contributed by atoms with Crippen LogP contribution in [-0.2, 0) is 32.1 Å². The average molecular weight is 597 g/mol. The normalized spacial score (nSPS) is 14.0. The van der Waals surface area contributed by atoms with Crippen LogP contribution in [0.3, 0.4) is 0 Å². The van der Waals surface area contributed by atoms with Crippen molar-refractivity contribution in [3.63, 3.8) is 0 Å². The molecule has 0 fully saturated rings. The highest BCUT2D eigenvalue weighted by molar-refractivity contribution is 8.18. The fraction of sp³-hybridized carbons (Fsp3) is 0.613. The molecule has 0 aliphatic carbocycles. The van der Waals surface area contributed by atoms with E-state index in [9.17, 15) is 18.1 Å². The molecular formula is C31H48O5S3. The van der Waals surface area contributed by atoms with Gasteiger partial charge in [-0.1, -0.05) is 83.1 Å². The van der Waals surface area contributed by atoms with Crippen molar-refractivity contribution in [2.24, 2.45) is 0 Å². The van der Waals surface area contributed by atoms with Crippen molar-refractivity contribution in [1.82, 2.24) is 0 Å². The van der Waals surface area contributed by atoms with Crippen LogP contribution in [0.25, 0.3) is 0 Å². The topological polar surface area (TPSA) is 83.8 Å². The zero-order valence-electron chi connectivity index (χ0n) is 26.2. The van der Waals surface area contributed by atoms with Gasteiger partial charge < -0.3 is 9.29 Å². The number of thioether (sulfide) groups is 2. The summed E-state index contributed by atoms with van der Waals surface area (Å²) in [6.45, 7) is 29.0. The minimum absolute atomic E-state index is 0.190. The summed E-state index contributed by atoms with van der Waals surface area (Å²) in [4.78, 5) is 2.06. The van der Waals surface area contributed by atoms with E-state index in [0.29, 0.717) is 16.9 Å². The molecule has 0 aromatic heterocycles. The van der Waals surface area contributed by atoms with Gasteiger partial charge in [0.15, 0.2) is 5.75 Å². The minimum Gasteiger partial charge on any atom is -0.507 e. The van der Waals surface area contributed by atoms with Gasteiger partial charge in [-0.05, 0) is 59.8 Å². The fourth-order valence-electron chi connectivity index (χ4n) is 4.37. The average Bonchev–Trinajstić information content (AvgIpc) is 2.65. The molecule has 8 heteroatoms. The van der Waals surface area contributed by atoms with Crippen molar-refractivity contribution in [2.45, 2.75) is 132 Å². The zero-order valence-corrected chi connectivity index (χ0v) is 28.6. The summed E-state index contributed by atoms with van der Waals surface area (Å²) in [5.41, 5.74) is 1.97. The summed E-state index contributed by atoms with van der Waals surface area (Å²) < 4.78 is 38.1. The number of phenolic OH excluding ortho intramolecular Hbond substituents is 1. The number of benzene rings is 2. The Kier molecular flexibility index (Phi) is 9.38. The second kappa shape index (κ2) is 10.8. The van der Waals surface area contributed by atoms with Gasteiger partial charge >= 0.3 is 10.4 Å². The Morgan fingerprint density at radius 2 is 0.872 bits per heavy atom. The lowest BCUT2D eigenvalue weighted by Gasteiger charge is -2.32. The SMILES string of the molecule is CC(C)(Sc1cc(C(C)(C)C)c(O)c(C(C)(C)C)c1)Sc1cc(C(C)(C)C)c(OS(=O)(=O)O)c(C(C)(C)C)c1. The number of phenols is 1. The first-order valence-corrected chi connectivity index (χ1v) is 16.2. The van der Waals surface area contributed by atoms with Crippen molar-refractivity contribution in [3.8, 4) is 11.5 Å². The Bertz CT molecular complexity index is 1240. The van der Waals surface area contributed by atoms with Crippen LogP contribution in [0.15, 0.2) is 34.1 Å². The van der Waals surface area contributed by atoms with Crippen LogP contribution < -0.4 is 4.18 Å². The number of hydrogen-bond donors (Lipinski definition) is 2. The van der Waals surface area contributed by atoms with Gasteiger partial charge in [-0.15, -0.1) is 23.5 Å². The van der Waals surface area contributed by atoms with E-state index in [-0.39, 0.29) is 20.7 Å². The minimum atomic E-state index is -4.70. The van der Waals surface area contributed by atoms with Gasteiger partial charge in [0.25, 0.3) is 0 Å². The molecule has 0 unspecified atom stereocenters. The van der Waals surface area contributed by atoms with E-state index < -0.39 is 21.2 Å². The molecule has 2 rings (SSSR count). The maximum atomic E-state index is 11.8.